The molecule has 0 aromatic rings. The molecule has 12 heavy (non-hydrogen) atoms. The van der Waals surface area contributed by atoms with Crippen LogP contribution in [0.1, 0.15) is 40.5 Å². The summed E-state index contributed by atoms with van der Waals surface area (Å²) in [7, 11) is 0. The molecule has 0 spiro atoms. The molecule has 0 heterocycles. The molecule has 1 unspecified atom stereocenters. The first kappa shape index (κ1) is 11.4. The van der Waals surface area contributed by atoms with Gasteiger partial charge in [-0.3, -0.25) is 4.79 Å². The Bertz CT molecular complexity index is 168. The minimum Gasteiger partial charge on any atom is -0.294 e. The van der Waals surface area contributed by atoms with Crippen LogP contribution in [0, 0.1) is 11.8 Å². The van der Waals surface area contributed by atoms with Gasteiger partial charge in [0.1, 0.15) is 0 Å². The van der Waals surface area contributed by atoms with Crippen LogP contribution in [0.5, 0.6) is 0 Å². The summed E-state index contributed by atoms with van der Waals surface area (Å²) >= 11 is 0. The topological polar surface area (TPSA) is 17.1 Å². The molecule has 0 radical (unpaired) electrons. The zero-order valence-corrected chi connectivity index (χ0v) is 8.68. The minimum atomic E-state index is 0.157. The summed E-state index contributed by atoms with van der Waals surface area (Å²) in [6.45, 7) is 11.8. The summed E-state index contributed by atoms with van der Waals surface area (Å²) in [5.74, 6) is 1.06. The van der Waals surface area contributed by atoms with Crippen molar-refractivity contribution in [2.24, 2.45) is 11.8 Å². The number of hydrogen-bond acceptors (Lipinski definition) is 1. The van der Waals surface area contributed by atoms with Gasteiger partial charge in [0.05, 0.1) is 0 Å². The first-order valence-electron chi connectivity index (χ1n) is 4.64. The van der Waals surface area contributed by atoms with Gasteiger partial charge in [-0.15, -0.1) is 0 Å². The Kier molecular flexibility index (Phi) is 4.87. The van der Waals surface area contributed by atoms with Crippen LogP contribution in [0.15, 0.2) is 12.2 Å². The Hall–Kier alpha value is -0.590. The largest absolute Gasteiger partial charge is 0.294 e. The Morgan fingerprint density at radius 3 is 2.08 bits per heavy atom. The second-order valence-electron chi connectivity index (χ2n) is 4.02. The van der Waals surface area contributed by atoms with Gasteiger partial charge >= 0.3 is 0 Å². The number of ketones is 1. The molecule has 0 N–H and O–H groups in total. The van der Waals surface area contributed by atoms with E-state index in [0.29, 0.717) is 11.5 Å². The lowest BCUT2D eigenvalue weighted by Crippen LogP contribution is -2.12. The van der Waals surface area contributed by atoms with E-state index in [1.54, 1.807) is 6.92 Å². The number of rotatable bonds is 5. The van der Waals surface area contributed by atoms with Gasteiger partial charge in [0.25, 0.3) is 0 Å². The Morgan fingerprint density at radius 2 is 1.75 bits per heavy atom. The van der Waals surface area contributed by atoms with E-state index < -0.39 is 0 Å². The lowest BCUT2D eigenvalue weighted by atomic mass is 9.93. The molecule has 0 saturated heterocycles. The normalized spacial score (nSPS) is 13.1. The molecular weight excluding hydrogens is 148 g/mol. The maximum atomic E-state index is 11.4. The van der Waals surface area contributed by atoms with Gasteiger partial charge in [0, 0.05) is 5.92 Å². The van der Waals surface area contributed by atoms with Gasteiger partial charge in [-0.2, -0.15) is 0 Å². The van der Waals surface area contributed by atoms with Crippen LogP contribution < -0.4 is 0 Å². The van der Waals surface area contributed by atoms with E-state index in [0.717, 1.165) is 12.8 Å². The predicted octanol–water partition coefficient (Wildman–Crippen LogP) is 3.20. The standard InChI is InChI=1S/C11H20O/c1-8(2)6-7-10(5)11(12)9(3)4/h8,10H,3,6-7H2,1-2,4-5H3. The van der Waals surface area contributed by atoms with E-state index in [1.807, 2.05) is 6.92 Å². The molecule has 0 bridgehead atoms. The average Bonchev–Trinajstić information content (AvgIpc) is 1.98. The SMILES string of the molecule is C=C(C)C(=O)C(C)CCC(C)C. The molecule has 0 saturated carbocycles. The number of carbonyl (C=O) groups is 1. The molecule has 0 aliphatic heterocycles. The minimum absolute atomic E-state index is 0.157. The van der Waals surface area contributed by atoms with Crippen molar-refractivity contribution in [3.63, 3.8) is 0 Å². The molecule has 0 aliphatic rings. The van der Waals surface area contributed by atoms with Crippen LogP contribution in [0.3, 0.4) is 0 Å². The molecule has 0 rings (SSSR count). The van der Waals surface area contributed by atoms with Crippen molar-refractivity contribution < 1.29 is 4.79 Å². The molecule has 0 fully saturated rings. The van der Waals surface area contributed by atoms with Crippen LogP contribution in [0.2, 0.25) is 0 Å². The molecule has 1 nitrogen and oxygen atoms in total. The monoisotopic (exact) mass is 168 g/mol. The number of carbonyl (C=O) groups excluding carboxylic acids is 1. The summed E-state index contributed by atoms with van der Waals surface area (Å²) < 4.78 is 0. The van der Waals surface area contributed by atoms with E-state index in [-0.39, 0.29) is 11.7 Å². The van der Waals surface area contributed by atoms with Gasteiger partial charge < -0.3 is 0 Å². The number of hydrogen-bond donors (Lipinski definition) is 0. The van der Waals surface area contributed by atoms with Crippen LogP contribution in [-0.4, -0.2) is 5.78 Å². The van der Waals surface area contributed by atoms with Crippen molar-refractivity contribution in [2.45, 2.75) is 40.5 Å². The molecule has 1 heteroatoms. The van der Waals surface area contributed by atoms with Crippen molar-refractivity contribution in [1.29, 1.82) is 0 Å². The van der Waals surface area contributed by atoms with Crippen molar-refractivity contribution >= 4 is 5.78 Å². The Morgan fingerprint density at radius 1 is 1.25 bits per heavy atom. The van der Waals surface area contributed by atoms with Gasteiger partial charge in [0.2, 0.25) is 0 Å². The summed E-state index contributed by atoms with van der Waals surface area (Å²) in [6.07, 6.45) is 2.11. The van der Waals surface area contributed by atoms with Crippen molar-refractivity contribution in [2.75, 3.05) is 0 Å². The third-order valence-electron chi connectivity index (χ3n) is 2.05. The second-order valence-corrected chi connectivity index (χ2v) is 4.02. The van der Waals surface area contributed by atoms with Crippen LogP contribution in [0.25, 0.3) is 0 Å². The zero-order chi connectivity index (χ0) is 9.72. The highest BCUT2D eigenvalue weighted by molar-refractivity contribution is 5.95. The third-order valence-corrected chi connectivity index (χ3v) is 2.05. The van der Waals surface area contributed by atoms with E-state index in [2.05, 4.69) is 20.4 Å². The molecule has 1 atom stereocenters. The highest BCUT2D eigenvalue weighted by atomic mass is 16.1. The van der Waals surface area contributed by atoms with Crippen molar-refractivity contribution in [3.05, 3.63) is 12.2 Å². The van der Waals surface area contributed by atoms with E-state index in [4.69, 9.17) is 0 Å². The zero-order valence-electron chi connectivity index (χ0n) is 8.68. The van der Waals surface area contributed by atoms with E-state index >= 15 is 0 Å². The molecule has 0 amide bonds. The highest BCUT2D eigenvalue weighted by Crippen LogP contribution is 2.14. The predicted molar refractivity (Wildman–Crippen MR) is 53.1 cm³/mol. The maximum absolute atomic E-state index is 11.4. The summed E-state index contributed by atoms with van der Waals surface area (Å²) in [5.41, 5.74) is 0.686. The molecule has 0 aliphatic carbocycles. The number of Topliss-reactive ketones (excluding diaryl/α,β-unsaturated/α-hetero) is 1. The fourth-order valence-electron chi connectivity index (χ4n) is 1.14. The fraction of sp³-hybridized carbons (Fsp3) is 0.727. The lowest BCUT2D eigenvalue weighted by molar-refractivity contribution is -0.118. The fourth-order valence-corrected chi connectivity index (χ4v) is 1.14. The molecule has 70 valence electrons. The van der Waals surface area contributed by atoms with Gasteiger partial charge in [0.15, 0.2) is 5.78 Å². The highest BCUT2D eigenvalue weighted by Gasteiger charge is 2.13. The van der Waals surface area contributed by atoms with E-state index in [9.17, 15) is 4.79 Å². The number of allylic oxidation sites excluding steroid dienone is 1. The second kappa shape index (κ2) is 5.13. The molecule has 0 aromatic heterocycles. The van der Waals surface area contributed by atoms with Gasteiger partial charge in [-0.25, -0.2) is 0 Å². The van der Waals surface area contributed by atoms with Gasteiger partial charge in [-0.1, -0.05) is 33.8 Å². The summed E-state index contributed by atoms with van der Waals surface area (Å²) in [4.78, 5) is 11.4. The summed E-state index contributed by atoms with van der Waals surface area (Å²) in [5, 5.41) is 0. The maximum Gasteiger partial charge on any atom is 0.160 e. The van der Waals surface area contributed by atoms with Crippen molar-refractivity contribution in [1.82, 2.24) is 0 Å². The lowest BCUT2D eigenvalue weighted by Gasteiger charge is -2.11. The Balaban J connectivity index is 3.80. The first-order chi connectivity index (χ1) is 5.45. The average molecular weight is 168 g/mol. The van der Waals surface area contributed by atoms with Gasteiger partial charge in [-0.05, 0) is 24.8 Å². The van der Waals surface area contributed by atoms with Crippen LogP contribution >= 0.6 is 0 Å². The third kappa shape index (κ3) is 4.32. The summed E-state index contributed by atoms with van der Waals surface area (Å²) in [6, 6.07) is 0. The molecule has 0 aromatic carbocycles. The molecular formula is C11H20O. The smallest absolute Gasteiger partial charge is 0.160 e. The van der Waals surface area contributed by atoms with Crippen molar-refractivity contribution in [3.8, 4) is 0 Å². The van der Waals surface area contributed by atoms with E-state index in [1.165, 1.54) is 0 Å². The Labute approximate surface area is 75.9 Å². The van der Waals surface area contributed by atoms with Crippen LogP contribution in [-0.2, 0) is 4.79 Å². The van der Waals surface area contributed by atoms with Crippen LogP contribution in [0.4, 0.5) is 0 Å². The first-order valence-corrected chi connectivity index (χ1v) is 4.64. The quantitative estimate of drug-likeness (QED) is 0.576.